The molecule has 0 spiro atoms. The molecule has 5 heteroatoms. The lowest BCUT2D eigenvalue weighted by Crippen LogP contribution is -2.30. The summed E-state index contributed by atoms with van der Waals surface area (Å²) in [6.45, 7) is 2.70. The average Bonchev–Trinajstić information content (AvgIpc) is 2.76. The van der Waals surface area contributed by atoms with Gasteiger partial charge in [0.25, 0.3) is 0 Å². The van der Waals surface area contributed by atoms with Gasteiger partial charge in [-0.05, 0) is 19.3 Å². The molecule has 2 rings (SSSR count). The second-order valence-corrected chi connectivity index (χ2v) is 4.20. The van der Waals surface area contributed by atoms with Crippen LogP contribution in [0.2, 0.25) is 0 Å². The first-order valence-electron chi connectivity index (χ1n) is 5.52. The molecule has 0 aromatic carbocycles. The molecule has 1 fully saturated rings. The van der Waals surface area contributed by atoms with Crippen molar-refractivity contribution in [2.45, 2.75) is 44.7 Å². The Bertz CT molecular complexity index is 312. The molecule has 1 aromatic rings. The highest BCUT2D eigenvalue weighted by molar-refractivity contribution is 4.87. The predicted molar refractivity (Wildman–Crippen MR) is 56.4 cm³/mol. The minimum absolute atomic E-state index is 0.384. The SMILES string of the molecule is Cc1nc(CCNC2CCC(N)C2)no1. The average molecular weight is 210 g/mol. The van der Waals surface area contributed by atoms with Crippen molar-refractivity contribution in [3.8, 4) is 0 Å². The van der Waals surface area contributed by atoms with Crippen LogP contribution in [0.25, 0.3) is 0 Å². The van der Waals surface area contributed by atoms with E-state index in [2.05, 4.69) is 15.5 Å². The summed E-state index contributed by atoms with van der Waals surface area (Å²) in [7, 11) is 0. The summed E-state index contributed by atoms with van der Waals surface area (Å²) in [5.74, 6) is 1.41. The Morgan fingerprint density at radius 3 is 3.00 bits per heavy atom. The number of nitrogens with two attached hydrogens (primary N) is 1. The molecule has 0 aliphatic heterocycles. The van der Waals surface area contributed by atoms with E-state index in [0.29, 0.717) is 18.0 Å². The van der Waals surface area contributed by atoms with Crippen LogP contribution < -0.4 is 11.1 Å². The third kappa shape index (κ3) is 3.00. The molecular formula is C10H18N4O. The maximum absolute atomic E-state index is 5.83. The van der Waals surface area contributed by atoms with Crippen LogP contribution in [-0.4, -0.2) is 28.8 Å². The van der Waals surface area contributed by atoms with Crippen molar-refractivity contribution in [2.75, 3.05) is 6.54 Å². The first kappa shape index (κ1) is 10.6. The molecule has 1 aliphatic rings. The van der Waals surface area contributed by atoms with E-state index >= 15 is 0 Å². The Morgan fingerprint density at radius 1 is 1.53 bits per heavy atom. The summed E-state index contributed by atoms with van der Waals surface area (Å²) in [6.07, 6.45) is 4.24. The predicted octanol–water partition coefficient (Wildman–Crippen LogP) is 0.390. The summed E-state index contributed by atoms with van der Waals surface area (Å²) in [5, 5.41) is 7.31. The molecule has 0 amide bonds. The lowest BCUT2D eigenvalue weighted by atomic mass is 10.2. The van der Waals surface area contributed by atoms with Gasteiger partial charge in [0.15, 0.2) is 5.82 Å². The van der Waals surface area contributed by atoms with Crippen molar-refractivity contribution in [3.05, 3.63) is 11.7 Å². The Morgan fingerprint density at radius 2 is 2.40 bits per heavy atom. The van der Waals surface area contributed by atoms with E-state index < -0.39 is 0 Å². The lowest BCUT2D eigenvalue weighted by molar-refractivity contribution is 0.386. The summed E-state index contributed by atoms with van der Waals surface area (Å²) >= 11 is 0. The molecule has 5 nitrogen and oxygen atoms in total. The zero-order chi connectivity index (χ0) is 10.7. The third-order valence-corrected chi connectivity index (χ3v) is 2.82. The molecule has 0 bridgehead atoms. The van der Waals surface area contributed by atoms with Crippen LogP contribution in [0.3, 0.4) is 0 Å². The molecule has 3 N–H and O–H groups in total. The van der Waals surface area contributed by atoms with Crippen molar-refractivity contribution >= 4 is 0 Å². The first-order valence-corrected chi connectivity index (χ1v) is 5.52. The zero-order valence-corrected chi connectivity index (χ0v) is 9.07. The molecule has 1 heterocycles. The number of hydrogen-bond acceptors (Lipinski definition) is 5. The van der Waals surface area contributed by atoms with E-state index in [-0.39, 0.29) is 0 Å². The number of rotatable bonds is 4. The van der Waals surface area contributed by atoms with Gasteiger partial charge in [-0.3, -0.25) is 0 Å². The maximum atomic E-state index is 5.83. The van der Waals surface area contributed by atoms with Gasteiger partial charge in [0.2, 0.25) is 5.89 Å². The molecule has 0 saturated heterocycles. The van der Waals surface area contributed by atoms with Crippen LogP contribution in [0.15, 0.2) is 4.52 Å². The highest BCUT2D eigenvalue weighted by Gasteiger charge is 2.20. The molecule has 1 saturated carbocycles. The van der Waals surface area contributed by atoms with Gasteiger partial charge in [-0.25, -0.2) is 0 Å². The van der Waals surface area contributed by atoms with E-state index in [9.17, 15) is 0 Å². The van der Waals surface area contributed by atoms with Crippen LogP contribution in [0.5, 0.6) is 0 Å². The highest BCUT2D eigenvalue weighted by Crippen LogP contribution is 2.16. The summed E-state index contributed by atoms with van der Waals surface area (Å²) < 4.78 is 4.90. The minimum atomic E-state index is 0.384. The fourth-order valence-corrected chi connectivity index (χ4v) is 2.03. The van der Waals surface area contributed by atoms with E-state index in [1.807, 2.05) is 0 Å². The molecule has 2 unspecified atom stereocenters. The van der Waals surface area contributed by atoms with Crippen LogP contribution >= 0.6 is 0 Å². The van der Waals surface area contributed by atoms with Gasteiger partial charge in [0.05, 0.1) is 0 Å². The van der Waals surface area contributed by atoms with Gasteiger partial charge in [-0.2, -0.15) is 4.98 Å². The number of aromatic nitrogens is 2. The monoisotopic (exact) mass is 210 g/mol. The molecule has 1 aliphatic carbocycles. The van der Waals surface area contributed by atoms with E-state index in [0.717, 1.165) is 31.6 Å². The molecule has 1 aromatic heterocycles. The van der Waals surface area contributed by atoms with Gasteiger partial charge in [-0.1, -0.05) is 5.16 Å². The fourth-order valence-electron chi connectivity index (χ4n) is 2.03. The van der Waals surface area contributed by atoms with Gasteiger partial charge < -0.3 is 15.6 Å². The third-order valence-electron chi connectivity index (χ3n) is 2.82. The maximum Gasteiger partial charge on any atom is 0.223 e. The van der Waals surface area contributed by atoms with Crippen molar-refractivity contribution in [3.63, 3.8) is 0 Å². The van der Waals surface area contributed by atoms with Gasteiger partial charge >= 0.3 is 0 Å². The van der Waals surface area contributed by atoms with E-state index in [1.165, 1.54) is 6.42 Å². The normalized spacial score (nSPS) is 26.0. The summed E-state index contributed by atoms with van der Waals surface area (Å²) in [5.41, 5.74) is 5.83. The van der Waals surface area contributed by atoms with Crippen LogP contribution in [0.1, 0.15) is 31.0 Å². The van der Waals surface area contributed by atoms with Gasteiger partial charge in [0.1, 0.15) is 0 Å². The molecule has 15 heavy (non-hydrogen) atoms. The largest absolute Gasteiger partial charge is 0.340 e. The Labute approximate surface area is 89.4 Å². The lowest BCUT2D eigenvalue weighted by Gasteiger charge is -2.10. The quantitative estimate of drug-likeness (QED) is 0.751. The summed E-state index contributed by atoms with van der Waals surface area (Å²) in [6, 6.07) is 0.961. The number of aryl methyl sites for hydroxylation is 1. The van der Waals surface area contributed by atoms with Crippen LogP contribution in [0.4, 0.5) is 0 Å². The Kier molecular flexibility index (Phi) is 3.33. The van der Waals surface area contributed by atoms with E-state index in [4.69, 9.17) is 10.3 Å². The van der Waals surface area contributed by atoms with Crippen molar-refractivity contribution < 1.29 is 4.52 Å². The minimum Gasteiger partial charge on any atom is -0.340 e. The summed E-state index contributed by atoms with van der Waals surface area (Å²) in [4.78, 5) is 4.15. The zero-order valence-electron chi connectivity index (χ0n) is 9.07. The van der Waals surface area contributed by atoms with Crippen molar-refractivity contribution in [1.29, 1.82) is 0 Å². The van der Waals surface area contributed by atoms with Crippen LogP contribution in [0, 0.1) is 6.92 Å². The standard InChI is InChI=1S/C10H18N4O/c1-7-13-10(14-15-7)4-5-12-9-3-2-8(11)6-9/h8-9,12H,2-6,11H2,1H3. The molecule has 2 atom stereocenters. The fraction of sp³-hybridized carbons (Fsp3) is 0.800. The second-order valence-electron chi connectivity index (χ2n) is 4.20. The first-order chi connectivity index (χ1) is 7.24. The Hall–Kier alpha value is -0.940. The molecule has 84 valence electrons. The van der Waals surface area contributed by atoms with E-state index in [1.54, 1.807) is 6.92 Å². The second kappa shape index (κ2) is 4.72. The van der Waals surface area contributed by atoms with Gasteiger partial charge in [0, 0.05) is 32.0 Å². The molecular weight excluding hydrogens is 192 g/mol. The smallest absolute Gasteiger partial charge is 0.223 e. The number of nitrogens with zero attached hydrogens (tertiary/aromatic N) is 2. The highest BCUT2D eigenvalue weighted by atomic mass is 16.5. The van der Waals surface area contributed by atoms with Crippen molar-refractivity contribution in [1.82, 2.24) is 15.5 Å². The molecule has 0 radical (unpaired) electrons. The number of hydrogen-bond donors (Lipinski definition) is 2. The topological polar surface area (TPSA) is 77.0 Å². The van der Waals surface area contributed by atoms with Crippen molar-refractivity contribution in [2.24, 2.45) is 5.73 Å². The Balaban J connectivity index is 1.67. The van der Waals surface area contributed by atoms with Gasteiger partial charge in [-0.15, -0.1) is 0 Å². The number of nitrogens with one attached hydrogen (secondary N) is 1. The van der Waals surface area contributed by atoms with Crippen LogP contribution in [-0.2, 0) is 6.42 Å².